The average molecular weight is 527 g/mol. The zero-order chi connectivity index (χ0) is 29.6. The van der Waals surface area contributed by atoms with Crippen LogP contribution in [0.5, 0.6) is 11.5 Å². The summed E-state index contributed by atoms with van der Waals surface area (Å²) in [5, 5.41) is 35.0. The molecule has 0 fully saturated rings. The van der Waals surface area contributed by atoms with E-state index in [1.165, 1.54) is 7.11 Å². The largest absolute Gasteiger partial charge is 0.507 e. The molecule has 0 saturated heterocycles. The molecule has 1 atom stereocenters. The third-order valence-electron chi connectivity index (χ3n) is 7.15. The molecule has 5 nitrogen and oxygen atoms in total. The van der Waals surface area contributed by atoms with Gasteiger partial charge in [0.1, 0.15) is 17.6 Å². The second-order valence-electron chi connectivity index (χ2n) is 14.7. The Morgan fingerprint density at radius 3 is 1.53 bits per heavy atom. The quantitative estimate of drug-likeness (QED) is 0.352. The number of rotatable bonds is 5. The van der Waals surface area contributed by atoms with Crippen LogP contribution in [0.2, 0.25) is 0 Å². The van der Waals surface area contributed by atoms with Gasteiger partial charge in [0.25, 0.3) is 0 Å². The van der Waals surface area contributed by atoms with Crippen LogP contribution in [-0.4, -0.2) is 28.4 Å². The molecule has 0 aliphatic carbocycles. The Morgan fingerprint density at radius 1 is 0.737 bits per heavy atom. The zero-order valence-electron chi connectivity index (χ0n) is 25.9. The maximum atomic E-state index is 12.2. The van der Waals surface area contributed by atoms with E-state index in [-0.39, 0.29) is 40.1 Å². The van der Waals surface area contributed by atoms with Gasteiger partial charge in [-0.1, -0.05) is 89.2 Å². The number of hydrogen-bond donors (Lipinski definition) is 3. The van der Waals surface area contributed by atoms with Crippen molar-refractivity contribution in [1.29, 1.82) is 0 Å². The van der Waals surface area contributed by atoms with Gasteiger partial charge in [0, 0.05) is 12.0 Å². The molecule has 0 aliphatic rings. The van der Waals surface area contributed by atoms with Crippen LogP contribution in [-0.2, 0) is 37.6 Å². The van der Waals surface area contributed by atoms with Crippen LogP contribution in [0.15, 0.2) is 18.2 Å². The van der Waals surface area contributed by atoms with Crippen LogP contribution in [0.25, 0.3) is 0 Å². The number of carbonyl (C=O) groups excluding carboxylic acids is 1. The number of aromatic hydroxyl groups is 2. The molecule has 212 valence electrons. The number of aliphatic hydroxyl groups excluding tert-OH is 1. The van der Waals surface area contributed by atoms with Crippen molar-refractivity contribution in [2.24, 2.45) is 0 Å². The number of esters is 1. The summed E-state index contributed by atoms with van der Waals surface area (Å²) >= 11 is 0. The number of carbonyl (C=O) groups is 1. The first kappa shape index (κ1) is 31.7. The number of hydrogen-bond acceptors (Lipinski definition) is 5. The number of phenolic OH excluding ortho intramolecular Hbond substituents is 2. The topological polar surface area (TPSA) is 87.0 Å². The Bertz CT molecular complexity index is 1140. The minimum Gasteiger partial charge on any atom is -0.507 e. The van der Waals surface area contributed by atoms with E-state index in [1.54, 1.807) is 0 Å². The summed E-state index contributed by atoms with van der Waals surface area (Å²) in [5.74, 6) is 0.0865. The van der Waals surface area contributed by atoms with E-state index in [0.717, 1.165) is 22.3 Å². The van der Waals surface area contributed by atoms with Gasteiger partial charge < -0.3 is 20.1 Å². The van der Waals surface area contributed by atoms with E-state index >= 15 is 0 Å². The number of aliphatic hydroxyl groups is 1. The number of benzene rings is 2. The lowest BCUT2D eigenvalue weighted by molar-refractivity contribution is -0.140. The van der Waals surface area contributed by atoms with E-state index in [2.05, 4.69) is 0 Å². The van der Waals surface area contributed by atoms with Gasteiger partial charge in [-0.25, -0.2) is 0 Å². The van der Waals surface area contributed by atoms with Crippen LogP contribution < -0.4 is 0 Å². The van der Waals surface area contributed by atoms with E-state index in [1.807, 2.05) is 101 Å². The maximum absolute atomic E-state index is 12.2. The molecule has 0 amide bonds. The zero-order valence-corrected chi connectivity index (χ0v) is 25.9. The Balaban J connectivity index is 3.03. The highest BCUT2D eigenvalue weighted by atomic mass is 16.5. The highest BCUT2D eigenvalue weighted by Crippen LogP contribution is 2.48. The predicted octanol–water partition coefficient (Wildman–Crippen LogP) is 7.48. The van der Waals surface area contributed by atoms with Crippen molar-refractivity contribution in [3.63, 3.8) is 0 Å². The summed E-state index contributed by atoms with van der Waals surface area (Å²) < 4.78 is 4.92. The van der Waals surface area contributed by atoms with Crippen LogP contribution in [0.3, 0.4) is 0 Å². The van der Waals surface area contributed by atoms with E-state index in [9.17, 15) is 20.1 Å². The maximum Gasteiger partial charge on any atom is 0.305 e. The first-order valence-electron chi connectivity index (χ1n) is 13.5. The van der Waals surface area contributed by atoms with Gasteiger partial charge >= 0.3 is 5.97 Å². The molecule has 1 unspecified atom stereocenters. The molecule has 2 aromatic rings. The molecule has 0 spiro atoms. The fraction of sp³-hybridized carbons (Fsp3) is 0.606. The monoisotopic (exact) mass is 526 g/mol. The molecule has 3 N–H and O–H groups in total. The summed E-state index contributed by atoms with van der Waals surface area (Å²) in [7, 11) is 1.37. The van der Waals surface area contributed by atoms with Crippen LogP contribution in [0, 0.1) is 0 Å². The van der Waals surface area contributed by atoms with Gasteiger partial charge in [0.15, 0.2) is 0 Å². The Hall–Kier alpha value is -2.53. The van der Waals surface area contributed by atoms with Gasteiger partial charge in [-0.05, 0) is 73.6 Å². The Morgan fingerprint density at radius 2 is 1.16 bits per heavy atom. The highest BCUT2D eigenvalue weighted by Gasteiger charge is 2.35. The summed E-state index contributed by atoms with van der Waals surface area (Å²) in [6.45, 7) is 24.4. The summed E-state index contributed by atoms with van der Waals surface area (Å²) in [4.78, 5) is 12.2. The van der Waals surface area contributed by atoms with Crippen molar-refractivity contribution in [2.75, 3.05) is 7.11 Å². The van der Waals surface area contributed by atoms with Crippen LogP contribution >= 0.6 is 0 Å². The lowest BCUT2D eigenvalue weighted by Gasteiger charge is -2.34. The molecule has 5 heteroatoms. The number of methoxy groups -OCH3 is 1. The normalized spacial score (nSPS) is 13.9. The van der Waals surface area contributed by atoms with Gasteiger partial charge in [0.05, 0.1) is 7.11 Å². The fourth-order valence-electron chi connectivity index (χ4n) is 5.06. The third-order valence-corrected chi connectivity index (χ3v) is 7.15. The Kier molecular flexibility index (Phi) is 8.81. The van der Waals surface area contributed by atoms with Crippen molar-refractivity contribution in [3.05, 3.63) is 57.1 Å². The van der Waals surface area contributed by atoms with Crippen molar-refractivity contribution in [2.45, 2.75) is 124 Å². The SMILES string of the molecule is COC(=O)CCc1cc(C(C)(C)C)c(O)c(C(C)(C)C)c1C(O)c1cc(C(C)(C)C)c(O)c(C(C)(C)C)c1. The molecule has 0 heterocycles. The molecule has 2 rings (SSSR count). The second-order valence-corrected chi connectivity index (χ2v) is 14.7. The van der Waals surface area contributed by atoms with Crippen molar-refractivity contribution < 1.29 is 24.9 Å². The molecule has 2 aromatic carbocycles. The smallest absolute Gasteiger partial charge is 0.305 e. The van der Waals surface area contributed by atoms with Crippen molar-refractivity contribution in [1.82, 2.24) is 0 Å². The first-order valence-corrected chi connectivity index (χ1v) is 13.5. The lowest BCUT2D eigenvalue weighted by Crippen LogP contribution is -2.24. The lowest BCUT2D eigenvalue weighted by atomic mass is 9.72. The second kappa shape index (κ2) is 10.6. The first-order chi connectivity index (χ1) is 17.0. The van der Waals surface area contributed by atoms with Gasteiger partial charge in [0.2, 0.25) is 0 Å². The summed E-state index contributed by atoms with van der Waals surface area (Å²) in [6.07, 6.45) is -0.564. The van der Waals surface area contributed by atoms with Crippen molar-refractivity contribution >= 4 is 5.97 Å². The molecule has 0 bridgehead atoms. The molecule has 0 aliphatic heterocycles. The van der Waals surface area contributed by atoms with Crippen LogP contribution in [0.4, 0.5) is 0 Å². The molecule has 38 heavy (non-hydrogen) atoms. The highest BCUT2D eigenvalue weighted by molar-refractivity contribution is 5.70. The standard InChI is InChI=1S/C33H50O5/c1-30(2,3)21-17-20(18-22(28(21)36)31(4,5)6)27(35)25-19(14-15-24(34)38-13)16-23(32(7,8)9)29(37)26(25)33(10,11)12/h16-18,27,35-37H,14-15H2,1-13H3. The van der Waals surface area contributed by atoms with Gasteiger partial charge in [-0.15, -0.1) is 0 Å². The molecule has 0 saturated carbocycles. The van der Waals surface area contributed by atoms with Gasteiger partial charge in [-0.3, -0.25) is 4.79 Å². The molecular weight excluding hydrogens is 476 g/mol. The summed E-state index contributed by atoms with van der Waals surface area (Å²) in [6, 6.07) is 5.68. The number of aryl methyl sites for hydroxylation is 1. The predicted molar refractivity (Wildman–Crippen MR) is 155 cm³/mol. The van der Waals surface area contributed by atoms with Crippen molar-refractivity contribution in [3.8, 4) is 11.5 Å². The molecule has 0 aromatic heterocycles. The van der Waals surface area contributed by atoms with Crippen LogP contribution in [0.1, 0.15) is 135 Å². The fourth-order valence-corrected chi connectivity index (χ4v) is 5.06. The third kappa shape index (κ3) is 6.72. The molecule has 0 radical (unpaired) electrons. The number of phenols is 2. The number of ether oxygens (including phenoxy) is 1. The van der Waals surface area contributed by atoms with E-state index in [4.69, 9.17) is 4.74 Å². The Labute approximate surface area is 230 Å². The minimum atomic E-state index is -1.08. The molecular formula is C33H50O5. The van der Waals surface area contributed by atoms with E-state index < -0.39 is 11.5 Å². The minimum absolute atomic E-state index is 0.157. The average Bonchev–Trinajstić information content (AvgIpc) is 2.73. The van der Waals surface area contributed by atoms with E-state index in [0.29, 0.717) is 23.1 Å². The van der Waals surface area contributed by atoms with Gasteiger partial charge in [-0.2, -0.15) is 0 Å². The summed E-state index contributed by atoms with van der Waals surface area (Å²) in [5.41, 5.74) is 3.42.